The quantitative estimate of drug-likeness (QED) is 0.709. The third kappa shape index (κ3) is 5.03. The molecule has 0 spiro atoms. The molecule has 1 unspecified atom stereocenters. The van der Waals surface area contributed by atoms with Crippen molar-refractivity contribution in [3.63, 3.8) is 0 Å². The summed E-state index contributed by atoms with van der Waals surface area (Å²) in [7, 11) is -2.04. The highest BCUT2D eigenvalue weighted by atomic mass is 32.2. The van der Waals surface area contributed by atoms with Gasteiger partial charge in [0.2, 0.25) is 10.0 Å². The van der Waals surface area contributed by atoms with Gasteiger partial charge in [-0.2, -0.15) is 0 Å². The minimum Gasteiger partial charge on any atom is -0.389 e. The van der Waals surface area contributed by atoms with Gasteiger partial charge < -0.3 is 10.5 Å². The monoisotopic (exact) mass is 330 g/mol. The summed E-state index contributed by atoms with van der Waals surface area (Å²) < 4.78 is 32.7. The standard InChI is InChI=1S/C14H22N2O3S2/c1-4-5-12(9-19-3)16-21(17,18)13-7-6-11(14(15)20)8-10(13)2/h6-8,12,16H,4-5,9H2,1-3H3,(H2,15,20). The van der Waals surface area contributed by atoms with Gasteiger partial charge in [0, 0.05) is 18.7 Å². The smallest absolute Gasteiger partial charge is 0.241 e. The summed E-state index contributed by atoms with van der Waals surface area (Å²) in [5.74, 6) is 0. The molecule has 1 atom stereocenters. The zero-order valence-corrected chi connectivity index (χ0v) is 14.2. The van der Waals surface area contributed by atoms with E-state index in [4.69, 9.17) is 22.7 Å². The average Bonchev–Trinajstić information content (AvgIpc) is 2.38. The van der Waals surface area contributed by atoms with Gasteiger partial charge in [-0.25, -0.2) is 13.1 Å². The Morgan fingerprint density at radius 2 is 2.14 bits per heavy atom. The molecule has 0 radical (unpaired) electrons. The molecule has 3 N–H and O–H groups in total. The second kappa shape index (κ2) is 7.84. The lowest BCUT2D eigenvalue weighted by molar-refractivity contribution is 0.171. The zero-order valence-electron chi connectivity index (χ0n) is 12.5. The zero-order chi connectivity index (χ0) is 16.0. The highest BCUT2D eigenvalue weighted by Gasteiger charge is 2.21. The number of methoxy groups -OCH3 is 1. The first-order chi connectivity index (χ1) is 9.81. The molecule has 0 aliphatic rings. The van der Waals surface area contributed by atoms with Crippen LogP contribution in [0.5, 0.6) is 0 Å². The maximum Gasteiger partial charge on any atom is 0.241 e. The highest BCUT2D eigenvalue weighted by molar-refractivity contribution is 7.89. The molecule has 0 bridgehead atoms. The fraction of sp³-hybridized carbons (Fsp3) is 0.500. The number of hydrogen-bond donors (Lipinski definition) is 2. The van der Waals surface area contributed by atoms with Crippen LogP contribution < -0.4 is 10.5 Å². The summed E-state index contributed by atoms with van der Waals surface area (Å²) in [6, 6.07) is 4.60. The van der Waals surface area contributed by atoms with Crippen molar-refractivity contribution >= 4 is 27.2 Å². The van der Waals surface area contributed by atoms with Gasteiger partial charge in [0.1, 0.15) is 4.99 Å². The van der Waals surface area contributed by atoms with E-state index in [1.165, 1.54) is 6.07 Å². The number of nitrogens with two attached hydrogens (primary N) is 1. The van der Waals surface area contributed by atoms with Crippen LogP contribution in [0.4, 0.5) is 0 Å². The van der Waals surface area contributed by atoms with Crippen LogP contribution in [0.25, 0.3) is 0 Å². The van der Waals surface area contributed by atoms with Crippen LogP contribution in [0, 0.1) is 6.92 Å². The first-order valence-electron chi connectivity index (χ1n) is 6.73. The van der Waals surface area contributed by atoms with E-state index in [2.05, 4.69) is 4.72 Å². The maximum atomic E-state index is 12.5. The molecular weight excluding hydrogens is 308 g/mol. The summed E-state index contributed by atoms with van der Waals surface area (Å²) >= 11 is 4.89. The largest absolute Gasteiger partial charge is 0.389 e. The van der Waals surface area contributed by atoms with Crippen LogP contribution in [0.3, 0.4) is 0 Å². The van der Waals surface area contributed by atoms with Crippen LogP contribution in [-0.4, -0.2) is 33.2 Å². The summed E-state index contributed by atoms with van der Waals surface area (Å²) in [6.45, 7) is 4.07. The molecule has 1 aromatic carbocycles. The molecule has 21 heavy (non-hydrogen) atoms. The topological polar surface area (TPSA) is 81.4 Å². The van der Waals surface area contributed by atoms with Gasteiger partial charge in [-0.3, -0.25) is 0 Å². The predicted molar refractivity (Wildman–Crippen MR) is 88.0 cm³/mol. The molecule has 0 aliphatic heterocycles. The highest BCUT2D eigenvalue weighted by Crippen LogP contribution is 2.17. The molecule has 1 rings (SSSR count). The van der Waals surface area contributed by atoms with Crippen LogP contribution >= 0.6 is 12.2 Å². The van der Waals surface area contributed by atoms with Gasteiger partial charge in [-0.05, 0) is 31.0 Å². The van der Waals surface area contributed by atoms with Crippen molar-refractivity contribution < 1.29 is 13.2 Å². The molecule has 1 aromatic rings. The van der Waals surface area contributed by atoms with E-state index in [9.17, 15) is 8.42 Å². The van der Waals surface area contributed by atoms with Gasteiger partial charge in [-0.15, -0.1) is 0 Å². The van der Waals surface area contributed by atoms with E-state index in [-0.39, 0.29) is 15.9 Å². The van der Waals surface area contributed by atoms with Gasteiger partial charge in [-0.1, -0.05) is 31.6 Å². The van der Waals surface area contributed by atoms with Crippen molar-refractivity contribution in [2.75, 3.05) is 13.7 Å². The van der Waals surface area contributed by atoms with Crippen LogP contribution in [-0.2, 0) is 14.8 Å². The number of rotatable bonds is 8. The Hall–Kier alpha value is -1.02. The Balaban J connectivity index is 3.04. The Morgan fingerprint density at radius 3 is 2.62 bits per heavy atom. The lowest BCUT2D eigenvalue weighted by atomic mass is 10.1. The Kier molecular flexibility index (Phi) is 6.73. The van der Waals surface area contributed by atoms with Crippen LogP contribution in [0.1, 0.15) is 30.9 Å². The van der Waals surface area contributed by atoms with E-state index in [0.29, 0.717) is 17.7 Å². The van der Waals surface area contributed by atoms with E-state index in [0.717, 1.165) is 12.8 Å². The second-order valence-corrected chi connectivity index (χ2v) is 7.03. The van der Waals surface area contributed by atoms with Crippen molar-refractivity contribution in [3.8, 4) is 0 Å². The van der Waals surface area contributed by atoms with Gasteiger partial charge in [0.15, 0.2) is 0 Å². The third-order valence-electron chi connectivity index (χ3n) is 3.08. The number of hydrogen-bond acceptors (Lipinski definition) is 4. The molecule has 0 heterocycles. The molecule has 0 amide bonds. The lowest BCUT2D eigenvalue weighted by Crippen LogP contribution is -2.38. The minimum atomic E-state index is -3.59. The van der Waals surface area contributed by atoms with Crippen LogP contribution in [0.2, 0.25) is 0 Å². The van der Waals surface area contributed by atoms with E-state index < -0.39 is 10.0 Å². The molecule has 0 saturated carbocycles. The summed E-state index contributed by atoms with van der Waals surface area (Å²) in [4.78, 5) is 0.484. The SMILES string of the molecule is CCCC(COC)NS(=O)(=O)c1ccc(C(N)=S)cc1C. The molecule has 118 valence electrons. The van der Waals surface area contributed by atoms with Gasteiger partial charge in [0.25, 0.3) is 0 Å². The number of benzene rings is 1. The Labute approximate surface area is 131 Å². The third-order valence-corrected chi connectivity index (χ3v) is 4.99. The van der Waals surface area contributed by atoms with Crippen LogP contribution in [0.15, 0.2) is 23.1 Å². The molecular formula is C14H22N2O3S2. The number of sulfonamides is 1. The summed E-state index contributed by atoms with van der Waals surface area (Å²) in [6.07, 6.45) is 1.59. The molecule has 0 aliphatic carbocycles. The number of thiocarbonyl (C=S) groups is 1. The predicted octanol–water partition coefficient (Wildman–Crippen LogP) is 1.72. The number of aryl methyl sites for hydroxylation is 1. The maximum absolute atomic E-state index is 12.5. The van der Waals surface area contributed by atoms with Gasteiger partial charge >= 0.3 is 0 Å². The molecule has 7 heteroatoms. The second-order valence-electron chi connectivity index (χ2n) is 4.91. The van der Waals surface area contributed by atoms with E-state index >= 15 is 0 Å². The Morgan fingerprint density at radius 1 is 1.48 bits per heavy atom. The van der Waals surface area contributed by atoms with Crippen molar-refractivity contribution in [1.82, 2.24) is 4.72 Å². The number of nitrogens with one attached hydrogen (secondary N) is 1. The van der Waals surface area contributed by atoms with Crippen molar-refractivity contribution in [2.24, 2.45) is 5.73 Å². The Bertz CT molecular complexity index is 594. The molecule has 0 fully saturated rings. The first-order valence-corrected chi connectivity index (χ1v) is 8.62. The first kappa shape index (κ1) is 18.0. The molecule has 5 nitrogen and oxygen atoms in total. The minimum absolute atomic E-state index is 0.236. The molecule has 0 aromatic heterocycles. The van der Waals surface area contributed by atoms with E-state index in [1.807, 2.05) is 6.92 Å². The van der Waals surface area contributed by atoms with Crippen molar-refractivity contribution in [2.45, 2.75) is 37.6 Å². The van der Waals surface area contributed by atoms with Crippen molar-refractivity contribution in [1.29, 1.82) is 0 Å². The van der Waals surface area contributed by atoms with Crippen molar-refractivity contribution in [3.05, 3.63) is 29.3 Å². The fourth-order valence-electron chi connectivity index (χ4n) is 2.11. The normalized spacial score (nSPS) is 13.1. The summed E-state index contributed by atoms with van der Waals surface area (Å²) in [5, 5.41) is 0. The average molecular weight is 330 g/mol. The molecule has 0 saturated heterocycles. The van der Waals surface area contributed by atoms with E-state index in [1.54, 1.807) is 26.2 Å². The number of ether oxygens (including phenoxy) is 1. The lowest BCUT2D eigenvalue weighted by Gasteiger charge is -2.18. The fourth-order valence-corrected chi connectivity index (χ4v) is 3.72. The summed E-state index contributed by atoms with van der Waals surface area (Å²) in [5.41, 5.74) is 6.82. The van der Waals surface area contributed by atoms with Gasteiger partial charge in [0.05, 0.1) is 11.5 Å².